The molecular weight excluding hydrogens is 492 g/mol. The van der Waals surface area contributed by atoms with Gasteiger partial charge in [-0.25, -0.2) is 0 Å². The van der Waals surface area contributed by atoms with Crippen molar-refractivity contribution in [1.82, 2.24) is 25.5 Å². The van der Waals surface area contributed by atoms with Crippen LogP contribution in [0.1, 0.15) is 16.7 Å². The monoisotopic (exact) mass is 514 g/mol. The fourth-order valence-corrected chi connectivity index (χ4v) is 3.73. The first-order valence-electron chi connectivity index (χ1n) is 11.2. The second kappa shape index (κ2) is 11.7. The van der Waals surface area contributed by atoms with Crippen LogP contribution in [0.3, 0.4) is 0 Å². The molecule has 11 heteroatoms. The molecule has 0 unspecified atom stereocenters. The zero-order chi connectivity index (χ0) is 26.2. The number of tetrazole rings is 1. The number of amidine groups is 1. The van der Waals surface area contributed by atoms with E-state index in [1.54, 1.807) is 48.5 Å². The molecule has 37 heavy (non-hydrogen) atoms. The van der Waals surface area contributed by atoms with Gasteiger partial charge in [-0.05, 0) is 64.5 Å². The van der Waals surface area contributed by atoms with Gasteiger partial charge in [-0.15, -0.1) is 5.10 Å². The lowest BCUT2D eigenvalue weighted by molar-refractivity contribution is -0.123. The molecule has 2 amide bonds. The molecule has 0 saturated heterocycles. The molecule has 0 fully saturated rings. The van der Waals surface area contributed by atoms with Gasteiger partial charge in [-0.3, -0.25) is 15.0 Å². The van der Waals surface area contributed by atoms with Crippen molar-refractivity contribution in [2.45, 2.75) is 12.5 Å². The summed E-state index contributed by atoms with van der Waals surface area (Å²) in [5, 5.41) is 24.7. The third-order valence-electron chi connectivity index (χ3n) is 5.38. The summed E-state index contributed by atoms with van der Waals surface area (Å²) < 4.78 is 1.46. The molecule has 0 bridgehead atoms. The number of nitrogens with zero attached hydrogens (tertiary/aromatic N) is 4. The number of nitrogens with two attached hydrogens (primary N) is 1. The number of nitrogen functional groups attached to an aromatic ring is 1. The summed E-state index contributed by atoms with van der Waals surface area (Å²) in [7, 11) is 0. The number of nitrogens with one attached hydrogen (secondary N) is 3. The molecule has 0 spiro atoms. The minimum Gasteiger partial charge on any atom is -0.384 e. The smallest absolute Gasteiger partial charge is 0.247 e. The van der Waals surface area contributed by atoms with E-state index in [1.165, 1.54) is 17.1 Å². The molecule has 1 heterocycles. The van der Waals surface area contributed by atoms with Crippen molar-refractivity contribution in [3.8, 4) is 5.69 Å². The molecule has 0 aliphatic heterocycles. The molecule has 0 radical (unpaired) electrons. The van der Waals surface area contributed by atoms with Crippen LogP contribution in [0.25, 0.3) is 11.8 Å². The molecule has 0 aliphatic carbocycles. The van der Waals surface area contributed by atoms with Gasteiger partial charge in [0.15, 0.2) is 0 Å². The zero-order valence-corrected chi connectivity index (χ0v) is 20.3. The van der Waals surface area contributed by atoms with Gasteiger partial charge in [-0.2, -0.15) is 4.68 Å². The Bertz CT molecular complexity index is 1420. The summed E-state index contributed by atoms with van der Waals surface area (Å²) in [6, 6.07) is 20.2. The van der Waals surface area contributed by atoms with Crippen molar-refractivity contribution < 1.29 is 9.59 Å². The highest BCUT2D eigenvalue weighted by Crippen LogP contribution is 2.20. The number of hydrogen-bond acceptors (Lipinski definition) is 6. The highest BCUT2D eigenvalue weighted by Gasteiger charge is 2.21. The van der Waals surface area contributed by atoms with E-state index in [4.69, 9.17) is 22.7 Å². The second-order valence-corrected chi connectivity index (χ2v) is 8.46. The number of carbonyl (C=O) groups is 2. The van der Waals surface area contributed by atoms with Crippen molar-refractivity contribution in [2.75, 3.05) is 5.32 Å². The summed E-state index contributed by atoms with van der Waals surface area (Å²) in [5.74, 6) is -0.925. The summed E-state index contributed by atoms with van der Waals surface area (Å²) in [5.41, 5.74) is 8.68. The molecule has 0 aliphatic rings. The van der Waals surface area contributed by atoms with Crippen LogP contribution < -0.4 is 16.4 Å². The van der Waals surface area contributed by atoms with E-state index in [0.717, 1.165) is 5.56 Å². The Balaban J connectivity index is 1.51. The molecule has 0 saturated carbocycles. The van der Waals surface area contributed by atoms with Gasteiger partial charge >= 0.3 is 0 Å². The van der Waals surface area contributed by atoms with Crippen LogP contribution in [0.5, 0.6) is 0 Å². The number of rotatable bonds is 9. The molecule has 4 aromatic rings. The van der Waals surface area contributed by atoms with Crippen molar-refractivity contribution in [2.24, 2.45) is 5.73 Å². The van der Waals surface area contributed by atoms with E-state index < -0.39 is 17.9 Å². The minimum atomic E-state index is -0.856. The number of anilines is 1. The van der Waals surface area contributed by atoms with Gasteiger partial charge in [0.2, 0.25) is 11.8 Å². The summed E-state index contributed by atoms with van der Waals surface area (Å²) >= 11 is 6.15. The van der Waals surface area contributed by atoms with Gasteiger partial charge in [0.05, 0.1) is 5.69 Å². The first-order valence-corrected chi connectivity index (χ1v) is 11.6. The van der Waals surface area contributed by atoms with Crippen molar-refractivity contribution in [3.05, 3.63) is 107 Å². The fraction of sp³-hybridized carbons (Fsp3) is 0.0769. The Hall–Kier alpha value is -4.83. The number of halogens is 1. The molecule has 1 aromatic heterocycles. The molecule has 1 atom stereocenters. The Kier molecular flexibility index (Phi) is 8.01. The van der Waals surface area contributed by atoms with Crippen LogP contribution in [-0.2, 0) is 16.0 Å². The Labute approximate surface area is 217 Å². The number of hydrogen-bond donors (Lipinski definition) is 4. The third kappa shape index (κ3) is 6.86. The maximum absolute atomic E-state index is 13.1. The lowest BCUT2D eigenvalue weighted by Gasteiger charge is -2.18. The standard InChI is InChI=1S/C26H23ClN8O2/c27-20-9-12-23(35-16-30-33-34-35)19(15-20)8-13-24(36)32-22(14-17-4-2-1-3-5-17)26(37)31-21-10-6-18(7-11-21)25(28)29/h1-13,15-16,22H,14H2,(H3,28,29)(H,31,37)(H,32,36)/b13-8+/t22-/m0/s1. The van der Waals surface area contributed by atoms with E-state index in [2.05, 4.69) is 26.2 Å². The van der Waals surface area contributed by atoms with Crippen molar-refractivity contribution in [1.29, 1.82) is 5.41 Å². The van der Waals surface area contributed by atoms with Gasteiger partial charge in [0.1, 0.15) is 18.2 Å². The molecule has 3 aromatic carbocycles. The van der Waals surface area contributed by atoms with E-state index in [-0.39, 0.29) is 12.3 Å². The molecule has 10 nitrogen and oxygen atoms in total. The first kappa shape index (κ1) is 25.3. The Morgan fingerprint density at radius 1 is 1.08 bits per heavy atom. The quantitative estimate of drug-likeness (QED) is 0.153. The predicted octanol–water partition coefficient (Wildman–Crippen LogP) is 2.98. The van der Waals surface area contributed by atoms with Crippen LogP contribution in [0.2, 0.25) is 5.02 Å². The predicted molar refractivity (Wildman–Crippen MR) is 141 cm³/mol. The largest absolute Gasteiger partial charge is 0.384 e. The van der Waals surface area contributed by atoms with Crippen molar-refractivity contribution >= 4 is 41.0 Å². The van der Waals surface area contributed by atoms with Gasteiger partial charge in [0, 0.05) is 34.3 Å². The Morgan fingerprint density at radius 3 is 2.51 bits per heavy atom. The molecule has 4 rings (SSSR count). The van der Waals surface area contributed by atoms with Crippen LogP contribution in [-0.4, -0.2) is 43.9 Å². The van der Waals surface area contributed by atoms with E-state index in [0.29, 0.717) is 27.5 Å². The zero-order valence-electron chi connectivity index (χ0n) is 19.5. The van der Waals surface area contributed by atoms with Crippen LogP contribution in [0.15, 0.2) is 85.2 Å². The maximum atomic E-state index is 13.1. The molecule has 5 N–H and O–H groups in total. The van der Waals surface area contributed by atoms with E-state index >= 15 is 0 Å². The summed E-state index contributed by atoms with van der Waals surface area (Å²) in [4.78, 5) is 26.0. The third-order valence-corrected chi connectivity index (χ3v) is 5.61. The van der Waals surface area contributed by atoms with Crippen LogP contribution in [0.4, 0.5) is 5.69 Å². The lowest BCUT2D eigenvalue weighted by Crippen LogP contribution is -2.44. The topological polar surface area (TPSA) is 152 Å². The fourth-order valence-electron chi connectivity index (χ4n) is 3.55. The van der Waals surface area contributed by atoms with Crippen molar-refractivity contribution in [3.63, 3.8) is 0 Å². The normalized spacial score (nSPS) is 11.7. The lowest BCUT2D eigenvalue weighted by atomic mass is 10.0. The second-order valence-electron chi connectivity index (χ2n) is 8.02. The average Bonchev–Trinajstić information content (AvgIpc) is 3.43. The first-order chi connectivity index (χ1) is 17.9. The minimum absolute atomic E-state index is 0.0678. The Morgan fingerprint density at radius 2 is 1.84 bits per heavy atom. The summed E-state index contributed by atoms with van der Waals surface area (Å²) in [6.07, 6.45) is 4.62. The maximum Gasteiger partial charge on any atom is 0.247 e. The number of aromatic nitrogens is 4. The molecular formula is C26H23ClN8O2. The number of carbonyl (C=O) groups excluding carboxylic acids is 2. The number of benzene rings is 3. The van der Waals surface area contributed by atoms with E-state index in [1.807, 2.05) is 30.3 Å². The van der Waals surface area contributed by atoms with Crippen LogP contribution in [0, 0.1) is 5.41 Å². The van der Waals surface area contributed by atoms with Gasteiger partial charge in [0.25, 0.3) is 0 Å². The van der Waals surface area contributed by atoms with Crippen LogP contribution >= 0.6 is 11.6 Å². The highest BCUT2D eigenvalue weighted by molar-refractivity contribution is 6.30. The number of amides is 2. The SMILES string of the molecule is N=C(N)c1ccc(NC(=O)[C@H](Cc2ccccc2)NC(=O)/C=C/c2cc(Cl)ccc2-n2cnnn2)cc1. The average molecular weight is 515 g/mol. The molecule has 186 valence electrons. The van der Waals surface area contributed by atoms with Gasteiger partial charge < -0.3 is 16.4 Å². The highest BCUT2D eigenvalue weighted by atomic mass is 35.5. The summed E-state index contributed by atoms with van der Waals surface area (Å²) in [6.45, 7) is 0. The van der Waals surface area contributed by atoms with E-state index in [9.17, 15) is 9.59 Å². The van der Waals surface area contributed by atoms with Gasteiger partial charge in [-0.1, -0.05) is 41.9 Å².